The minimum absolute atomic E-state index is 0.0925. The maximum absolute atomic E-state index is 11.6. The first-order valence-electron chi connectivity index (χ1n) is 7.15. The Morgan fingerprint density at radius 2 is 1.95 bits per heavy atom. The van der Waals surface area contributed by atoms with Crippen LogP contribution in [0.2, 0.25) is 0 Å². The van der Waals surface area contributed by atoms with Crippen LogP contribution < -0.4 is 5.32 Å². The molecule has 0 heterocycles. The summed E-state index contributed by atoms with van der Waals surface area (Å²) < 4.78 is 10.2. The van der Waals surface area contributed by atoms with E-state index in [4.69, 9.17) is 9.47 Å². The van der Waals surface area contributed by atoms with Gasteiger partial charge in [0.05, 0.1) is 26.4 Å². The number of carbonyl (C=O) groups is 1. The Hall–Kier alpha value is -1.43. The highest BCUT2D eigenvalue weighted by molar-refractivity contribution is 5.75. The van der Waals surface area contributed by atoms with Gasteiger partial charge in [-0.25, -0.2) is 0 Å². The van der Waals surface area contributed by atoms with E-state index in [1.54, 1.807) is 0 Å². The Morgan fingerprint density at radius 1 is 1.29 bits per heavy atom. The summed E-state index contributed by atoms with van der Waals surface area (Å²) in [5, 5.41) is 12.9. The van der Waals surface area contributed by atoms with Crippen molar-refractivity contribution < 1.29 is 19.4 Å². The number of rotatable bonds is 9. The fourth-order valence-electron chi connectivity index (χ4n) is 1.93. The van der Waals surface area contributed by atoms with Gasteiger partial charge in [-0.3, -0.25) is 4.79 Å². The molecular weight excluding hydrogens is 270 g/mol. The van der Waals surface area contributed by atoms with Gasteiger partial charge in [-0.1, -0.05) is 44.2 Å². The molecule has 1 rings (SSSR count). The lowest BCUT2D eigenvalue weighted by atomic mass is 10.0. The highest BCUT2D eigenvalue weighted by Crippen LogP contribution is 2.04. The van der Waals surface area contributed by atoms with Crippen LogP contribution in [0.3, 0.4) is 0 Å². The van der Waals surface area contributed by atoms with Crippen molar-refractivity contribution in [3.05, 3.63) is 35.9 Å². The van der Waals surface area contributed by atoms with Gasteiger partial charge in [0, 0.05) is 6.54 Å². The number of carbonyl (C=O) groups excluding carboxylic acids is 1. The third-order valence-corrected chi connectivity index (χ3v) is 3.12. The SMILES string of the molecule is COC(=O)C(NCC(O)COCc1ccccc1)C(C)C. The molecule has 0 amide bonds. The summed E-state index contributed by atoms with van der Waals surface area (Å²) in [5.41, 5.74) is 1.06. The van der Waals surface area contributed by atoms with E-state index in [-0.39, 0.29) is 25.0 Å². The second-order valence-corrected chi connectivity index (χ2v) is 5.31. The van der Waals surface area contributed by atoms with Crippen molar-refractivity contribution in [3.63, 3.8) is 0 Å². The van der Waals surface area contributed by atoms with Gasteiger partial charge >= 0.3 is 5.97 Å². The van der Waals surface area contributed by atoms with Gasteiger partial charge in [0.2, 0.25) is 0 Å². The molecule has 0 aliphatic carbocycles. The van der Waals surface area contributed by atoms with Gasteiger partial charge in [0.1, 0.15) is 6.04 Å². The molecule has 5 nitrogen and oxygen atoms in total. The minimum atomic E-state index is -0.667. The molecule has 0 aliphatic heterocycles. The molecule has 1 aromatic rings. The minimum Gasteiger partial charge on any atom is -0.468 e. The van der Waals surface area contributed by atoms with Gasteiger partial charge in [-0.05, 0) is 11.5 Å². The van der Waals surface area contributed by atoms with Crippen LogP contribution >= 0.6 is 0 Å². The molecule has 5 heteroatoms. The molecule has 21 heavy (non-hydrogen) atoms. The highest BCUT2D eigenvalue weighted by Gasteiger charge is 2.23. The monoisotopic (exact) mass is 295 g/mol. The Morgan fingerprint density at radius 3 is 2.52 bits per heavy atom. The maximum Gasteiger partial charge on any atom is 0.323 e. The highest BCUT2D eigenvalue weighted by atomic mass is 16.5. The first kappa shape index (κ1) is 17.6. The van der Waals surface area contributed by atoms with Crippen molar-refractivity contribution in [1.82, 2.24) is 5.32 Å². The Kier molecular flexibility index (Phi) is 7.97. The van der Waals surface area contributed by atoms with Crippen molar-refractivity contribution >= 4 is 5.97 Å². The van der Waals surface area contributed by atoms with Gasteiger partial charge in [0.15, 0.2) is 0 Å². The predicted molar refractivity (Wildman–Crippen MR) is 80.7 cm³/mol. The average molecular weight is 295 g/mol. The molecule has 0 saturated carbocycles. The largest absolute Gasteiger partial charge is 0.468 e. The topological polar surface area (TPSA) is 67.8 Å². The molecular formula is C16H25NO4. The first-order valence-corrected chi connectivity index (χ1v) is 7.15. The van der Waals surface area contributed by atoms with Crippen molar-refractivity contribution in [3.8, 4) is 0 Å². The van der Waals surface area contributed by atoms with E-state index < -0.39 is 12.1 Å². The van der Waals surface area contributed by atoms with E-state index in [2.05, 4.69) is 5.32 Å². The van der Waals surface area contributed by atoms with Crippen LogP contribution in [0.15, 0.2) is 30.3 Å². The molecule has 0 aromatic heterocycles. The lowest BCUT2D eigenvalue weighted by Crippen LogP contribution is -2.45. The predicted octanol–water partition coefficient (Wildman–Crippen LogP) is 1.35. The second kappa shape index (κ2) is 9.50. The Labute approximate surface area is 126 Å². The Balaban J connectivity index is 2.26. The number of benzene rings is 1. The second-order valence-electron chi connectivity index (χ2n) is 5.31. The van der Waals surface area contributed by atoms with Crippen LogP contribution in [-0.2, 0) is 20.9 Å². The van der Waals surface area contributed by atoms with Crippen molar-refractivity contribution in [2.45, 2.75) is 32.6 Å². The number of esters is 1. The molecule has 118 valence electrons. The molecule has 2 atom stereocenters. The Bertz CT molecular complexity index is 408. The number of methoxy groups -OCH3 is 1. The van der Waals surface area contributed by atoms with E-state index >= 15 is 0 Å². The molecule has 0 bridgehead atoms. The van der Waals surface area contributed by atoms with Crippen LogP contribution in [0, 0.1) is 5.92 Å². The lowest BCUT2D eigenvalue weighted by Gasteiger charge is -2.21. The summed E-state index contributed by atoms with van der Waals surface area (Å²) in [6, 6.07) is 9.36. The van der Waals surface area contributed by atoms with E-state index in [0.717, 1.165) is 5.56 Å². The molecule has 2 N–H and O–H groups in total. The zero-order valence-corrected chi connectivity index (χ0v) is 12.9. The molecule has 0 radical (unpaired) electrons. The number of aliphatic hydroxyl groups is 1. The van der Waals surface area contributed by atoms with Gasteiger partial charge in [0.25, 0.3) is 0 Å². The number of hydrogen-bond donors (Lipinski definition) is 2. The first-order chi connectivity index (χ1) is 10.0. The summed E-state index contributed by atoms with van der Waals surface area (Å²) in [5.74, 6) is -0.225. The number of hydrogen-bond acceptors (Lipinski definition) is 5. The van der Waals surface area contributed by atoms with E-state index in [9.17, 15) is 9.90 Å². The van der Waals surface area contributed by atoms with Gasteiger partial charge in [-0.2, -0.15) is 0 Å². The number of ether oxygens (including phenoxy) is 2. The fraction of sp³-hybridized carbons (Fsp3) is 0.562. The van der Waals surface area contributed by atoms with Crippen LogP contribution in [0.4, 0.5) is 0 Å². The fourth-order valence-corrected chi connectivity index (χ4v) is 1.93. The van der Waals surface area contributed by atoms with Crippen molar-refractivity contribution in [1.29, 1.82) is 0 Å². The van der Waals surface area contributed by atoms with E-state index in [1.807, 2.05) is 44.2 Å². The number of nitrogens with one attached hydrogen (secondary N) is 1. The van der Waals surface area contributed by atoms with Crippen LogP contribution in [0.1, 0.15) is 19.4 Å². The summed E-state index contributed by atoms with van der Waals surface area (Å²) in [6.07, 6.45) is -0.667. The molecule has 2 unspecified atom stereocenters. The van der Waals surface area contributed by atoms with Gasteiger partial charge < -0.3 is 19.9 Å². The molecule has 0 saturated heterocycles. The van der Waals surface area contributed by atoms with Crippen molar-refractivity contribution in [2.75, 3.05) is 20.3 Å². The third-order valence-electron chi connectivity index (χ3n) is 3.12. The van der Waals surface area contributed by atoms with Crippen LogP contribution in [0.25, 0.3) is 0 Å². The molecule has 0 aliphatic rings. The van der Waals surface area contributed by atoms with Crippen LogP contribution in [-0.4, -0.2) is 43.5 Å². The maximum atomic E-state index is 11.6. The summed E-state index contributed by atoms with van der Waals surface area (Å²) in [4.78, 5) is 11.6. The quantitative estimate of drug-likeness (QED) is 0.673. The molecule has 1 aromatic carbocycles. The third kappa shape index (κ3) is 6.71. The zero-order valence-electron chi connectivity index (χ0n) is 12.9. The molecule has 0 spiro atoms. The molecule has 0 fully saturated rings. The summed E-state index contributed by atoms with van der Waals surface area (Å²) >= 11 is 0. The standard InChI is InChI=1S/C16H25NO4/c1-12(2)15(16(19)20-3)17-9-14(18)11-21-10-13-7-5-4-6-8-13/h4-8,12,14-15,17-18H,9-11H2,1-3H3. The summed E-state index contributed by atoms with van der Waals surface area (Å²) in [6.45, 7) is 4.81. The normalized spacial score (nSPS) is 14.0. The zero-order chi connectivity index (χ0) is 15.7. The smallest absolute Gasteiger partial charge is 0.323 e. The summed E-state index contributed by atoms with van der Waals surface area (Å²) in [7, 11) is 1.36. The van der Waals surface area contributed by atoms with Crippen molar-refractivity contribution in [2.24, 2.45) is 5.92 Å². The van der Waals surface area contributed by atoms with E-state index in [0.29, 0.717) is 6.61 Å². The van der Waals surface area contributed by atoms with Crippen LogP contribution in [0.5, 0.6) is 0 Å². The van der Waals surface area contributed by atoms with Gasteiger partial charge in [-0.15, -0.1) is 0 Å². The average Bonchev–Trinajstić information content (AvgIpc) is 2.47. The lowest BCUT2D eigenvalue weighted by molar-refractivity contribution is -0.144. The van der Waals surface area contributed by atoms with E-state index in [1.165, 1.54) is 7.11 Å². The number of aliphatic hydroxyl groups excluding tert-OH is 1.